The molecule has 2 rings (SSSR count). The number of imide groups is 1. The number of carbonyl (C=O) groups excluding carboxylic acids is 3. The quantitative estimate of drug-likeness (QED) is 0.522. The largest absolute Gasteiger partial charge is 0.375 e. The van der Waals surface area contributed by atoms with Crippen LogP contribution in [0, 0.1) is 0 Å². The molecule has 2 fully saturated rings. The Kier molecular flexibility index (Phi) is 4.27. The Morgan fingerprint density at radius 1 is 1.44 bits per heavy atom. The fraction of sp³-hybridized carbons (Fsp3) is 0.727. The average molecular weight is 255 g/mol. The van der Waals surface area contributed by atoms with Gasteiger partial charge in [-0.3, -0.25) is 19.7 Å². The highest BCUT2D eigenvalue weighted by Crippen LogP contribution is 2.06. The minimum Gasteiger partial charge on any atom is -0.375 e. The molecule has 18 heavy (non-hydrogen) atoms. The van der Waals surface area contributed by atoms with E-state index in [-0.39, 0.29) is 30.8 Å². The molecular formula is C11H17N3O4. The minimum absolute atomic E-state index is 0.146. The molecule has 7 nitrogen and oxygen atoms in total. The van der Waals surface area contributed by atoms with Gasteiger partial charge in [-0.15, -0.1) is 0 Å². The first-order valence-electron chi connectivity index (χ1n) is 6.10. The molecule has 0 bridgehead atoms. The van der Waals surface area contributed by atoms with Crippen molar-refractivity contribution in [3.63, 3.8) is 0 Å². The summed E-state index contributed by atoms with van der Waals surface area (Å²) in [6, 6.07) is -0.605. The highest BCUT2D eigenvalue weighted by atomic mass is 16.5. The highest BCUT2D eigenvalue weighted by molar-refractivity contribution is 6.01. The predicted molar refractivity (Wildman–Crippen MR) is 61.5 cm³/mol. The minimum atomic E-state index is -0.605. The van der Waals surface area contributed by atoms with Crippen LogP contribution in [0.4, 0.5) is 0 Å². The van der Waals surface area contributed by atoms with Gasteiger partial charge in [-0.2, -0.15) is 0 Å². The second-order valence-corrected chi connectivity index (χ2v) is 4.47. The van der Waals surface area contributed by atoms with Crippen molar-refractivity contribution in [2.45, 2.75) is 31.4 Å². The van der Waals surface area contributed by atoms with Gasteiger partial charge in [0.05, 0.1) is 19.1 Å². The van der Waals surface area contributed by atoms with Gasteiger partial charge in [-0.1, -0.05) is 0 Å². The molecule has 0 radical (unpaired) electrons. The molecule has 100 valence electrons. The lowest BCUT2D eigenvalue weighted by molar-refractivity contribution is -0.138. The zero-order valence-corrected chi connectivity index (χ0v) is 10.0. The van der Waals surface area contributed by atoms with Crippen LogP contribution in [0.15, 0.2) is 0 Å². The number of rotatable bonds is 3. The third-order valence-corrected chi connectivity index (χ3v) is 2.99. The van der Waals surface area contributed by atoms with Gasteiger partial charge in [0.1, 0.15) is 6.04 Å². The van der Waals surface area contributed by atoms with Crippen molar-refractivity contribution in [3.8, 4) is 0 Å². The van der Waals surface area contributed by atoms with Gasteiger partial charge in [0.15, 0.2) is 0 Å². The van der Waals surface area contributed by atoms with Crippen LogP contribution in [-0.2, 0) is 19.1 Å². The van der Waals surface area contributed by atoms with E-state index in [1.807, 2.05) is 0 Å². The number of amides is 3. The summed E-state index contributed by atoms with van der Waals surface area (Å²) >= 11 is 0. The first-order chi connectivity index (χ1) is 8.65. The molecule has 0 spiro atoms. The van der Waals surface area contributed by atoms with Crippen molar-refractivity contribution in [2.75, 3.05) is 19.7 Å². The number of piperidine rings is 1. The zero-order chi connectivity index (χ0) is 13.0. The Balaban J connectivity index is 1.76. The van der Waals surface area contributed by atoms with Crippen molar-refractivity contribution in [1.29, 1.82) is 0 Å². The monoisotopic (exact) mass is 255 g/mol. The molecular weight excluding hydrogens is 238 g/mol. The molecule has 2 aliphatic heterocycles. The maximum absolute atomic E-state index is 11.7. The summed E-state index contributed by atoms with van der Waals surface area (Å²) in [5.74, 6) is -0.939. The van der Waals surface area contributed by atoms with E-state index < -0.39 is 11.9 Å². The molecule has 0 aliphatic carbocycles. The third kappa shape index (κ3) is 3.51. The van der Waals surface area contributed by atoms with Crippen LogP contribution in [0.25, 0.3) is 0 Å². The molecule has 2 unspecified atom stereocenters. The van der Waals surface area contributed by atoms with Gasteiger partial charge in [0.2, 0.25) is 17.7 Å². The predicted octanol–water partition coefficient (Wildman–Crippen LogP) is -1.71. The van der Waals surface area contributed by atoms with Crippen molar-refractivity contribution in [3.05, 3.63) is 0 Å². The third-order valence-electron chi connectivity index (χ3n) is 2.99. The van der Waals surface area contributed by atoms with Crippen molar-refractivity contribution >= 4 is 17.7 Å². The first kappa shape index (κ1) is 13.0. The molecule has 2 heterocycles. The summed E-state index contributed by atoms with van der Waals surface area (Å²) in [7, 11) is 0. The van der Waals surface area contributed by atoms with Crippen molar-refractivity contribution in [2.24, 2.45) is 0 Å². The van der Waals surface area contributed by atoms with E-state index in [1.54, 1.807) is 0 Å². The Hall–Kier alpha value is -1.47. The van der Waals surface area contributed by atoms with E-state index in [2.05, 4.69) is 16.0 Å². The molecule has 2 aliphatic rings. The molecule has 2 saturated heterocycles. The number of ether oxygens (including phenoxy) is 1. The highest BCUT2D eigenvalue weighted by Gasteiger charge is 2.28. The molecule has 0 saturated carbocycles. The second kappa shape index (κ2) is 5.92. The maximum Gasteiger partial charge on any atom is 0.249 e. The normalized spacial score (nSPS) is 28.7. The lowest BCUT2D eigenvalue weighted by atomic mass is 10.1. The van der Waals surface area contributed by atoms with Crippen LogP contribution in [-0.4, -0.2) is 49.6 Å². The molecule has 3 amide bonds. The van der Waals surface area contributed by atoms with Gasteiger partial charge in [-0.25, -0.2) is 0 Å². The smallest absolute Gasteiger partial charge is 0.249 e. The lowest BCUT2D eigenvalue weighted by Crippen LogP contribution is -2.53. The molecule has 7 heteroatoms. The number of hydrogen-bond donors (Lipinski definition) is 3. The standard InChI is InChI=1S/C11H17N3O4/c15-9-2-1-8(11(17)14-9)13-10(16)5-7-6-12-3-4-18-7/h7-8,12H,1-6H2,(H,13,16)(H,14,15,17). The molecule has 3 N–H and O–H groups in total. The Morgan fingerprint density at radius 2 is 2.28 bits per heavy atom. The van der Waals surface area contributed by atoms with Crippen LogP contribution in [0.5, 0.6) is 0 Å². The van der Waals surface area contributed by atoms with Crippen LogP contribution < -0.4 is 16.0 Å². The van der Waals surface area contributed by atoms with Gasteiger partial charge in [0, 0.05) is 19.5 Å². The Bertz CT molecular complexity index is 352. The average Bonchev–Trinajstić information content (AvgIpc) is 2.34. The fourth-order valence-corrected chi connectivity index (χ4v) is 2.04. The summed E-state index contributed by atoms with van der Waals surface area (Å²) in [5.41, 5.74) is 0. The zero-order valence-electron chi connectivity index (χ0n) is 10.0. The van der Waals surface area contributed by atoms with Gasteiger partial charge < -0.3 is 15.4 Å². The SMILES string of the molecule is O=C1CCC(NC(=O)CC2CNCCO2)C(=O)N1. The van der Waals surface area contributed by atoms with Crippen LogP contribution in [0.2, 0.25) is 0 Å². The van der Waals surface area contributed by atoms with Crippen LogP contribution in [0.1, 0.15) is 19.3 Å². The summed E-state index contributed by atoms with van der Waals surface area (Å²) in [5, 5.41) is 7.96. The van der Waals surface area contributed by atoms with Crippen molar-refractivity contribution < 1.29 is 19.1 Å². The summed E-state index contributed by atoms with van der Waals surface area (Å²) < 4.78 is 5.40. The van der Waals surface area contributed by atoms with E-state index in [0.717, 1.165) is 6.54 Å². The summed E-state index contributed by atoms with van der Waals surface area (Å²) in [4.78, 5) is 34.1. The van der Waals surface area contributed by atoms with Gasteiger partial charge in [0.25, 0.3) is 0 Å². The van der Waals surface area contributed by atoms with E-state index in [1.165, 1.54) is 0 Å². The molecule has 0 aromatic rings. The molecule has 0 aromatic heterocycles. The van der Waals surface area contributed by atoms with E-state index >= 15 is 0 Å². The van der Waals surface area contributed by atoms with Crippen molar-refractivity contribution in [1.82, 2.24) is 16.0 Å². The topological polar surface area (TPSA) is 96.5 Å². The maximum atomic E-state index is 11.7. The van der Waals surface area contributed by atoms with Crippen LogP contribution >= 0.6 is 0 Å². The second-order valence-electron chi connectivity index (χ2n) is 4.47. The molecule has 0 aromatic carbocycles. The number of morpholine rings is 1. The molecule has 2 atom stereocenters. The Morgan fingerprint density at radius 3 is 2.94 bits per heavy atom. The summed E-state index contributed by atoms with van der Waals surface area (Å²) in [6.07, 6.45) is 0.704. The Labute approximate surface area is 105 Å². The van der Waals surface area contributed by atoms with E-state index in [4.69, 9.17) is 4.74 Å². The number of nitrogens with one attached hydrogen (secondary N) is 3. The van der Waals surface area contributed by atoms with Gasteiger partial charge in [-0.05, 0) is 6.42 Å². The van der Waals surface area contributed by atoms with E-state index in [0.29, 0.717) is 19.6 Å². The number of hydrogen-bond acceptors (Lipinski definition) is 5. The van der Waals surface area contributed by atoms with Gasteiger partial charge >= 0.3 is 0 Å². The van der Waals surface area contributed by atoms with E-state index in [9.17, 15) is 14.4 Å². The number of carbonyl (C=O) groups is 3. The first-order valence-corrected chi connectivity index (χ1v) is 6.10. The van der Waals surface area contributed by atoms with Crippen LogP contribution in [0.3, 0.4) is 0 Å². The fourth-order valence-electron chi connectivity index (χ4n) is 2.04. The summed E-state index contributed by atoms with van der Waals surface area (Å²) in [6.45, 7) is 2.03. The lowest BCUT2D eigenvalue weighted by Gasteiger charge is -2.25.